The molecule has 0 heterocycles. The van der Waals surface area contributed by atoms with Crippen LogP contribution in [-0.4, -0.2) is 36.9 Å². The Balaban J connectivity index is 1.72. The minimum Gasteiger partial charge on any atom is -0.378 e. The summed E-state index contributed by atoms with van der Waals surface area (Å²) in [6, 6.07) is 14.1. The van der Waals surface area contributed by atoms with Crippen molar-refractivity contribution in [3.05, 3.63) is 69.8 Å². The molecule has 0 atom stereocenters. The zero-order valence-corrected chi connectivity index (χ0v) is 15.4. The van der Waals surface area contributed by atoms with E-state index >= 15 is 0 Å². The number of rotatable bonds is 8. The first-order chi connectivity index (χ1) is 12.5. The molecule has 0 saturated heterocycles. The van der Waals surface area contributed by atoms with Crippen LogP contribution in [0.15, 0.2) is 53.6 Å². The lowest BCUT2D eigenvalue weighted by molar-refractivity contribution is -0.384. The maximum absolute atomic E-state index is 11.8. The number of hydrazone groups is 1. The van der Waals surface area contributed by atoms with Crippen molar-refractivity contribution >= 4 is 35.3 Å². The molecule has 0 bridgehead atoms. The Kier molecular flexibility index (Phi) is 7.16. The predicted octanol–water partition coefficient (Wildman–Crippen LogP) is 3.04. The second kappa shape index (κ2) is 9.57. The summed E-state index contributed by atoms with van der Waals surface area (Å²) >= 11 is 1.42. The van der Waals surface area contributed by atoms with Crippen LogP contribution in [0.25, 0.3) is 0 Å². The van der Waals surface area contributed by atoms with Crippen LogP contribution in [0, 0.1) is 10.1 Å². The van der Waals surface area contributed by atoms with E-state index in [1.807, 2.05) is 43.3 Å². The van der Waals surface area contributed by atoms with E-state index in [2.05, 4.69) is 10.5 Å². The van der Waals surface area contributed by atoms with E-state index in [1.54, 1.807) is 18.3 Å². The van der Waals surface area contributed by atoms with Gasteiger partial charge < -0.3 is 4.90 Å². The fraction of sp³-hybridized carbons (Fsp3) is 0.222. The van der Waals surface area contributed by atoms with Gasteiger partial charge in [0.15, 0.2) is 0 Å². The molecule has 0 radical (unpaired) electrons. The van der Waals surface area contributed by atoms with Gasteiger partial charge in [0, 0.05) is 37.7 Å². The van der Waals surface area contributed by atoms with E-state index in [-0.39, 0.29) is 17.3 Å². The van der Waals surface area contributed by atoms with Gasteiger partial charge in [-0.2, -0.15) is 5.10 Å². The Morgan fingerprint density at radius 3 is 2.42 bits per heavy atom. The number of anilines is 1. The second-order valence-electron chi connectivity index (χ2n) is 5.70. The number of hydrogen-bond acceptors (Lipinski definition) is 6. The van der Waals surface area contributed by atoms with Crippen molar-refractivity contribution in [2.75, 3.05) is 24.7 Å². The number of non-ortho nitro benzene ring substituents is 1. The maximum atomic E-state index is 11.8. The van der Waals surface area contributed by atoms with Gasteiger partial charge in [-0.3, -0.25) is 14.9 Å². The fourth-order valence-corrected chi connectivity index (χ4v) is 2.83. The lowest BCUT2D eigenvalue weighted by atomic mass is 10.2. The van der Waals surface area contributed by atoms with Gasteiger partial charge in [0.05, 0.1) is 16.9 Å². The number of carbonyl (C=O) groups is 1. The second-order valence-corrected chi connectivity index (χ2v) is 6.68. The van der Waals surface area contributed by atoms with Gasteiger partial charge in [0.25, 0.3) is 5.69 Å². The smallest absolute Gasteiger partial charge is 0.269 e. The van der Waals surface area contributed by atoms with E-state index < -0.39 is 4.92 Å². The average Bonchev–Trinajstić information content (AvgIpc) is 2.62. The molecule has 0 aromatic heterocycles. The number of carbonyl (C=O) groups excluding carboxylic acids is 1. The highest BCUT2D eigenvalue weighted by Crippen LogP contribution is 2.16. The van der Waals surface area contributed by atoms with E-state index in [0.717, 1.165) is 16.8 Å². The number of nitrogens with zero attached hydrogens (tertiary/aromatic N) is 3. The minimum atomic E-state index is -0.434. The number of benzene rings is 2. The molecular weight excluding hydrogens is 352 g/mol. The van der Waals surface area contributed by atoms with Crippen LogP contribution < -0.4 is 10.3 Å². The Morgan fingerprint density at radius 2 is 1.85 bits per heavy atom. The lowest BCUT2D eigenvalue weighted by Crippen LogP contribution is -2.19. The van der Waals surface area contributed by atoms with Crippen LogP contribution in [0.2, 0.25) is 0 Å². The molecule has 7 nitrogen and oxygen atoms in total. The van der Waals surface area contributed by atoms with E-state index in [9.17, 15) is 14.9 Å². The number of nitrogens with one attached hydrogen (secondary N) is 1. The highest BCUT2D eigenvalue weighted by Gasteiger charge is 2.05. The van der Waals surface area contributed by atoms with Crippen molar-refractivity contribution in [2.45, 2.75) is 5.75 Å². The standard InChI is InChI=1S/C18H20N4O3S/c1-21(2)16-7-3-14(4-8-16)11-19-20-18(23)13-26-12-15-5-9-17(10-6-15)22(24)25/h3-11H,12-13H2,1-2H3,(H,20,23). The summed E-state index contributed by atoms with van der Waals surface area (Å²) < 4.78 is 0. The summed E-state index contributed by atoms with van der Waals surface area (Å²) in [4.78, 5) is 23.9. The molecule has 136 valence electrons. The van der Waals surface area contributed by atoms with Crippen LogP contribution in [0.5, 0.6) is 0 Å². The van der Waals surface area contributed by atoms with Crippen molar-refractivity contribution in [3.63, 3.8) is 0 Å². The summed E-state index contributed by atoms with van der Waals surface area (Å²) in [5, 5.41) is 14.5. The first kappa shape index (κ1) is 19.5. The molecule has 2 aromatic rings. The molecule has 1 N–H and O–H groups in total. The number of thioether (sulfide) groups is 1. The number of nitro benzene ring substituents is 1. The molecule has 26 heavy (non-hydrogen) atoms. The summed E-state index contributed by atoms with van der Waals surface area (Å²) in [5.74, 6) is 0.660. The van der Waals surface area contributed by atoms with Crippen LogP contribution in [-0.2, 0) is 10.5 Å². The normalized spacial score (nSPS) is 10.7. The minimum absolute atomic E-state index is 0.0597. The number of hydrogen-bond donors (Lipinski definition) is 1. The van der Waals surface area contributed by atoms with Gasteiger partial charge >= 0.3 is 0 Å². The quantitative estimate of drug-likeness (QED) is 0.437. The van der Waals surface area contributed by atoms with Crippen molar-refractivity contribution in [2.24, 2.45) is 5.10 Å². The van der Waals surface area contributed by atoms with E-state index in [4.69, 9.17) is 0 Å². The highest BCUT2D eigenvalue weighted by molar-refractivity contribution is 7.99. The fourth-order valence-electron chi connectivity index (χ4n) is 2.05. The molecule has 0 aliphatic rings. The molecule has 2 rings (SSSR count). The third kappa shape index (κ3) is 6.21. The maximum Gasteiger partial charge on any atom is 0.269 e. The lowest BCUT2D eigenvalue weighted by Gasteiger charge is -2.11. The average molecular weight is 372 g/mol. The van der Waals surface area contributed by atoms with Gasteiger partial charge in [0.1, 0.15) is 0 Å². The van der Waals surface area contributed by atoms with Crippen molar-refractivity contribution in [3.8, 4) is 0 Å². The summed E-state index contributed by atoms with van der Waals surface area (Å²) in [7, 11) is 3.94. The predicted molar refractivity (Wildman–Crippen MR) is 106 cm³/mol. The molecule has 0 unspecified atom stereocenters. The molecule has 0 spiro atoms. The van der Waals surface area contributed by atoms with E-state index in [1.165, 1.54) is 23.9 Å². The molecule has 8 heteroatoms. The molecule has 0 fully saturated rings. The monoisotopic (exact) mass is 372 g/mol. The largest absolute Gasteiger partial charge is 0.378 e. The molecule has 0 aliphatic heterocycles. The zero-order chi connectivity index (χ0) is 18.9. The molecular formula is C18H20N4O3S. The van der Waals surface area contributed by atoms with Gasteiger partial charge in [-0.25, -0.2) is 5.43 Å². The Morgan fingerprint density at radius 1 is 1.19 bits per heavy atom. The number of amides is 1. The van der Waals surface area contributed by atoms with Gasteiger partial charge in [0.2, 0.25) is 5.91 Å². The molecule has 2 aromatic carbocycles. The van der Waals surface area contributed by atoms with Crippen LogP contribution >= 0.6 is 11.8 Å². The summed E-state index contributed by atoms with van der Waals surface area (Å²) in [6.07, 6.45) is 1.60. The highest BCUT2D eigenvalue weighted by atomic mass is 32.2. The van der Waals surface area contributed by atoms with Crippen LogP contribution in [0.3, 0.4) is 0 Å². The third-order valence-electron chi connectivity index (χ3n) is 3.46. The SMILES string of the molecule is CN(C)c1ccc(C=NNC(=O)CSCc2ccc([N+](=O)[O-])cc2)cc1. The van der Waals surface area contributed by atoms with Gasteiger partial charge in [-0.1, -0.05) is 24.3 Å². The van der Waals surface area contributed by atoms with Gasteiger partial charge in [-0.05, 0) is 23.3 Å². The van der Waals surface area contributed by atoms with Crippen molar-refractivity contribution in [1.29, 1.82) is 0 Å². The van der Waals surface area contributed by atoms with E-state index in [0.29, 0.717) is 5.75 Å². The molecule has 0 aliphatic carbocycles. The van der Waals surface area contributed by atoms with Crippen molar-refractivity contribution < 1.29 is 9.72 Å². The Hall–Kier alpha value is -2.87. The molecule has 1 amide bonds. The summed E-state index contributed by atoms with van der Waals surface area (Å²) in [5.41, 5.74) is 5.47. The zero-order valence-electron chi connectivity index (χ0n) is 14.6. The topological polar surface area (TPSA) is 87.8 Å². The molecule has 0 saturated carbocycles. The Bertz CT molecular complexity index is 774. The summed E-state index contributed by atoms with van der Waals surface area (Å²) in [6.45, 7) is 0. The van der Waals surface area contributed by atoms with Crippen molar-refractivity contribution in [1.82, 2.24) is 5.43 Å². The van der Waals surface area contributed by atoms with Crippen LogP contribution in [0.4, 0.5) is 11.4 Å². The van der Waals surface area contributed by atoms with Crippen LogP contribution in [0.1, 0.15) is 11.1 Å². The third-order valence-corrected chi connectivity index (χ3v) is 4.47. The number of nitro groups is 1. The first-order valence-electron chi connectivity index (χ1n) is 7.86. The first-order valence-corrected chi connectivity index (χ1v) is 9.01. The van der Waals surface area contributed by atoms with Gasteiger partial charge in [-0.15, -0.1) is 11.8 Å². The Labute approximate surface area is 156 Å².